The average molecular weight is 226 g/mol. The van der Waals surface area contributed by atoms with Gasteiger partial charge in [-0.15, -0.1) is 0 Å². The predicted octanol–water partition coefficient (Wildman–Crippen LogP) is 1.55. The zero-order valence-electron chi connectivity index (χ0n) is 8.82. The van der Waals surface area contributed by atoms with Gasteiger partial charge in [-0.3, -0.25) is 11.3 Å². The first-order valence-electron chi connectivity index (χ1n) is 5.45. The van der Waals surface area contributed by atoms with Crippen LogP contribution >= 0.6 is 11.3 Å². The topological polar surface area (TPSA) is 47.3 Å². The molecule has 0 aromatic carbocycles. The second-order valence-electron chi connectivity index (χ2n) is 4.07. The Morgan fingerprint density at radius 2 is 2.60 bits per heavy atom. The van der Waals surface area contributed by atoms with Crippen molar-refractivity contribution in [1.29, 1.82) is 0 Å². The maximum Gasteiger partial charge on any atom is 0.0510 e. The summed E-state index contributed by atoms with van der Waals surface area (Å²) in [5.74, 6) is 6.18. The summed E-state index contributed by atoms with van der Waals surface area (Å²) in [4.78, 5) is 0. The highest BCUT2D eigenvalue weighted by molar-refractivity contribution is 7.07. The molecular formula is C11H18N2OS. The summed E-state index contributed by atoms with van der Waals surface area (Å²) >= 11 is 1.75. The van der Waals surface area contributed by atoms with Crippen molar-refractivity contribution in [2.75, 3.05) is 13.2 Å². The second-order valence-corrected chi connectivity index (χ2v) is 4.85. The Morgan fingerprint density at radius 1 is 1.67 bits per heavy atom. The molecule has 1 aromatic heterocycles. The smallest absolute Gasteiger partial charge is 0.0510 e. The molecular weight excluding hydrogens is 208 g/mol. The molecule has 2 atom stereocenters. The first-order chi connectivity index (χ1) is 7.40. The number of hydrogen-bond donors (Lipinski definition) is 2. The summed E-state index contributed by atoms with van der Waals surface area (Å²) < 4.78 is 5.38. The molecule has 0 radical (unpaired) electrons. The van der Waals surface area contributed by atoms with Gasteiger partial charge in [-0.05, 0) is 41.7 Å². The van der Waals surface area contributed by atoms with Gasteiger partial charge in [0.1, 0.15) is 0 Å². The number of ether oxygens (including phenoxy) is 1. The van der Waals surface area contributed by atoms with Crippen LogP contribution in [0.3, 0.4) is 0 Å². The van der Waals surface area contributed by atoms with Crippen LogP contribution < -0.4 is 11.3 Å². The van der Waals surface area contributed by atoms with Gasteiger partial charge in [0.15, 0.2) is 0 Å². The van der Waals surface area contributed by atoms with Crippen LogP contribution in [0.2, 0.25) is 0 Å². The van der Waals surface area contributed by atoms with E-state index in [9.17, 15) is 0 Å². The fraction of sp³-hybridized carbons (Fsp3) is 0.636. The van der Waals surface area contributed by atoms with Gasteiger partial charge in [0.2, 0.25) is 0 Å². The van der Waals surface area contributed by atoms with E-state index >= 15 is 0 Å². The minimum Gasteiger partial charge on any atom is -0.381 e. The normalized spacial score (nSPS) is 23.1. The van der Waals surface area contributed by atoms with Crippen LogP contribution in [-0.4, -0.2) is 19.3 Å². The van der Waals surface area contributed by atoms with Crippen LogP contribution in [0.15, 0.2) is 16.8 Å². The Morgan fingerprint density at radius 3 is 3.20 bits per heavy atom. The molecule has 0 amide bonds. The minimum atomic E-state index is 0.396. The lowest BCUT2D eigenvalue weighted by molar-refractivity contribution is 0.175. The van der Waals surface area contributed by atoms with Crippen molar-refractivity contribution < 1.29 is 4.74 Å². The van der Waals surface area contributed by atoms with Crippen molar-refractivity contribution in [3.63, 3.8) is 0 Å². The highest BCUT2D eigenvalue weighted by atomic mass is 32.1. The van der Waals surface area contributed by atoms with E-state index in [0.29, 0.717) is 12.0 Å². The number of aryl methyl sites for hydroxylation is 1. The molecule has 1 fully saturated rings. The predicted molar refractivity (Wildman–Crippen MR) is 62.7 cm³/mol. The lowest BCUT2D eigenvalue weighted by Gasteiger charge is -2.20. The van der Waals surface area contributed by atoms with Gasteiger partial charge >= 0.3 is 0 Å². The summed E-state index contributed by atoms with van der Waals surface area (Å²) in [6.45, 7) is 1.75. The van der Waals surface area contributed by atoms with E-state index in [2.05, 4.69) is 22.3 Å². The molecule has 3 N–H and O–H groups in total. The Balaban J connectivity index is 1.80. The number of nitrogens with one attached hydrogen (secondary N) is 1. The van der Waals surface area contributed by atoms with Gasteiger partial charge in [0.05, 0.1) is 6.61 Å². The third kappa shape index (κ3) is 3.01. The van der Waals surface area contributed by atoms with E-state index in [-0.39, 0.29) is 0 Å². The molecule has 0 bridgehead atoms. The lowest BCUT2D eigenvalue weighted by Crippen LogP contribution is -2.41. The van der Waals surface area contributed by atoms with Crippen LogP contribution in [0.25, 0.3) is 0 Å². The lowest BCUT2D eigenvalue weighted by atomic mass is 9.94. The number of nitrogens with two attached hydrogens (primary N) is 1. The zero-order chi connectivity index (χ0) is 10.5. The molecule has 3 nitrogen and oxygen atoms in total. The van der Waals surface area contributed by atoms with Gasteiger partial charge in [0.25, 0.3) is 0 Å². The first kappa shape index (κ1) is 11.1. The molecule has 15 heavy (non-hydrogen) atoms. The minimum absolute atomic E-state index is 0.396. The van der Waals surface area contributed by atoms with Crippen molar-refractivity contribution in [1.82, 2.24) is 5.43 Å². The van der Waals surface area contributed by atoms with Gasteiger partial charge < -0.3 is 4.74 Å². The summed E-state index contributed by atoms with van der Waals surface area (Å²) in [6, 6.07) is 2.58. The van der Waals surface area contributed by atoms with Crippen molar-refractivity contribution in [3.05, 3.63) is 22.4 Å². The molecule has 2 heterocycles. The highest BCUT2D eigenvalue weighted by Gasteiger charge is 2.24. The Labute approximate surface area is 94.6 Å². The molecule has 0 saturated carbocycles. The van der Waals surface area contributed by atoms with Crippen LogP contribution in [0, 0.1) is 5.92 Å². The molecule has 2 unspecified atom stereocenters. The van der Waals surface area contributed by atoms with Gasteiger partial charge in [-0.2, -0.15) is 11.3 Å². The molecule has 1 aliphatic heterocycles. The van der Waals surface area contributed by atoms with Gasteiger partial charge in [0, 0.05) is 18.6 Å². The van der Waals surface area contributed by atoms with Crippen LogP contribution in [-0.2, 0) is 11.2 Å². The van der Waals surface area contributed by atoms with E-state index in [1.165, 1.54) is 5.56 Å². The van der Waals surface area contributed by atoms with Crippen molar-refractivity contribution in [2.45, 2.75) is 25.3 Å². The van der Waals surface area contributed by atoms with Gasteiger partial charge in [-0.1, -0.05) is 0 Å². The van der Waals surface area contributed by atoms with E-state index in [1.807, 2.05) is 0 Å². The van der Waals surface area contributed by atoms with Crippen molar-refractivity contribution >= 4 is 11.3 Å². The maximum absolute atomic E-state index is 5.59. The van der Waals surface area contributed by atoms with Crippen molar-refractivity contribution in [3.8, 4) is 0 Å². The van der Waals surface area contributed by atoms with E-state index < -0.39 is 0 Å². The number of thiophene rings is 1. The number of hydrogen-bond acceptors (Lipinski definition) is 4. The molecule has 4 heteroatoms. The largest absolute Gasteiger partial charge is 0.381 e. The molecule has 84 valence electrons. The quantitative estimate of drug-likeness (QED) is 0.591. The summed E-state index contributed by atoms with van der Waals surface area (Å²) in [6.07, 6.45) is 3.34. The molecule has 1 saturated heterocycles. The maximum atomic E-state index is 5.59. The Bertz CT molecular complexity index is 270. The second kappa shape index (κ2) is 5.61. The fourth-order valence-corrected chi connectivity index (χ4v) is 2.79. The molecule has 1 aromatic rings. The number of hydrazine groups is 1. The number of rotatable bonds is 5. The molecule has 2 rings (SSSR count). The third-order valence-electron chi connectivity index (χ3n) is 3.07. The average Bonchev–Trinajstić information content (AvgIpc) is 2.90. The highest BCUT2D eigenvalue weighted by Crippen LogP contribution is 2.20. The standard InChI is InChI=1S/C11H18N2OS/c12-13-11(10-3-5-14-7-10)2-1-9-4-6-15-8-9/h4,6,8,10-11,13H,1-3,5,7,12H2. The van der Waals surface area contributed by atoms with E-state index in [0.717, 1.165) is 32.5 Å². The summed E-state index contributed by atoms with van der Waals surface area (Å²) in [7, 11) is 0. The summed E-state index contributed by atoms with van der Waals surface area (Å²) in [5.41, 5.74) is 4.35. The van der Waals surface area contributed by atoms with Crippen molar-refractivity contribution in [2.24, 2.45) is 11.8 Å². The molecule has 0 aliphatic carbocycles. The Hall–Kier alpha value is -0.420. The molecule has 0 spiro atoms. The fourth-order valence-electron chi connectivity index (χ4n) is 2.08. The summed E-state index contributed by atoms with van der Waals surface area (Å²) in [5, 5.41) is 4.33. The van der Waals surface area contributed by atoms with Crippen LogP contribution in [0.1, 0.15) is 18.4 Å². The SMILES string of the molecule is NNC(CCc1ccsc1)C1CCOC1. The van der Waals surface area contributed by atoms with E-state index in [4.69, 9.17) is 10.6 Å². The Kier molecular flexibility index (Phi) is 4.14. The third-order valence-corrected chi connectivity index (χ3v) is 3.80. The molecule has 1 aliphatic rings. The van der Waals surface area contributed by atoms with Crippen LogP contribution in [0.4, 0.5) is 0 Å². The van der Waals surface area contributed by atoms with Gasteiger partial charge in [-0.25, -0.2) is 0 Å². The zero-order valence-corrected chi connectivity index (χ0v) is 9.63. The monoisotopic (exact) mass is 226 g/mol. The van der Waals surface area contributed by atoms with Crippen LogP contribution in [0.5, 0.6) is 0 Å². The first-order valence-corrected chi connectivity index (χ1v) is 6.39. The van der Waals surface area contributed by atoms with E-state index in [1.54, 1.807) is 11.3 Å².